The lowest BCUT2D eigenvalue weighted by atomic mass is 9.93. The van der Waals surface area contributed by atoms with Crippen LogP contribution < -0.4 is 10.1 Å². The number of nitrogens with one attached hydrogen (secondary N) is 1. The summed E-state index contributed by atoms with van der Waals surface area (Å²) in [5.74, 6) is 0.379. The highest BCUT2D eigenvalue weighted by molar-refractivity contribution is 6.35. The van der Waals surface area contributed by atoms with Crippen molar-refractivity contribution in [1.82, 2.24) is 10.3 Å². The second kappa shape index (κ2) is 7.15. The van der Waals surface area contributed by atoms with Gasteiger partial charge in [-0.25, -0.2) is 0 Å². The first kappa shape index (κ1) is 16.0. The van der Waals surface area contributed by atoms with Gasteiger partial charge in [-0.15, -0.1) is 0 Å². The summed E-state index contributed by atoms with van der Waals surface area (Å²) in [6.07, 6.45) is 4.51. The number of hydrogen-bond acceptors (Lipinski definition) is 4. The van der Waals surface area contributed by atoms with Gasteiger partial charge in [0.2, 0.25) is 0 Å². The second-order valence-corrected chi connectivity index (χ2v) is 6.21. The number of pyridine rings is 1. The van der Waals surface area contributed by atoms with Crippen LogP contribution in [0.1, 0.15) is 25.7 Å². The van der Waals surface area contributed by atoms with Crippen molar-refractivity contribution >= 4 is 28.4 Å². The van der Waals surface area contributed by atoms with E-state index in [4.69, 9.17) is 16.3 Å². The lowest BCUT2D eigenvalue weighted by Gasteiger charge is -2.26. The summed E-state index contributed by atoms with van der Waals surface area (Å²) in [5.41, 5.74) is 0.647. The van der Waals surface area contributed by atoms with Gasteiger partial charge in [-0.1, -0.05) is 11.6 Å². The highest BCUT2D eigenvalue weighted by Crippen LogP contribution is 2.29. The quantitative estimate of drug-likeness (QED) is 0.901. The van der Waals surface area contributed by atoms with E-state index < -0.39 is 0 Å². The van der Waals surface area contributed by atoms with Crippen LogP contribution in [0.2, 0.25) is 5.02 Å². The Morgan fingerprint density at radius 3 is 2.87 bits per heavy atom. The number of nitrogens with zero attached hydrogens (tertiary/aromatic N) is 1. The predicted molar refractivity (Wildman–Crippen MR) is 88.7 cm³/mol. The van der Waals surface area contributed by atoms with E-state index in [0.29, 0.717) is 16.3 Å². The number of aliphatic hydroxyl groups excluding tert-OH is 1. The van der Waals surface area contributed by atoms with Gasteiger partial charge >= 0.3 is 0 Å². The van der Waals surface area contributed by atoms with Gasteiger partial charge < -0.3 is 15.2 Å². The number of carbonyl (C=O) groups excluding carboxylic acids is 1. The van der Waals surface area contributed by atoms with Crippen molar-refractivity contribution in [2.45, 2.75) is 37.8 Å². The van der Waals surface area contributed by atoms with Crippen molar-refractivity contribution in [2.75, 3.05) is 6.61 Å². The predicted octanol–water partition coefficient (Wildman–Crippen LogP) is 2.69. The summed E-state index contributed by atoms with van der Waals surface area (Å²) < 4.78 is 5.62. The molecule has 1 aromatic heterocycles. The number of halogens is 1. The number of benzene rings is 1. The Hall–Kier alpha value is -1.85. The summed E-state index contributed by atoms with van der Waals surface area (Å²) in [5, 5.41) is 13.8. The Morgan fingerprint density at radius 2 is 2.09 bits per heavy atom. The molecule has 0 atom stereocenters. The molecule has 122 valence electrons. The maximum absolute atomic E-state index is 12.0. The van der Waals surface area contributed by atoms with E-state index in [9.17, 15) is 9.90 Å². The van der Waals surface area contributed by atoms with Crippen LogP contribution in [0.4, 0.5) is 0 Å². The molecule has 0 unspecified atom stereocenters. The zero-order valence-electron chi connectivity index (χ0n) is 12.7. The molecule has 1 amide bonds. The van der Waals surface area contributed by atoms with Gasteiger partial charge in [-0.2, -0.15) is 0 Å². The molecular weight excluding hydrogens is 316 g/mol. The average molecular weight is 335 g/mol. The number of aromatic nitrogens is 1. The molecule has 5 nitrogen and oxygen atoms in total. The maximum Gasteiger partial charge on any atom is 0.258 e. The highest BCUT2D eigenvalue weighted by Gasteiger charge is 2.21. The van der Waals surface area contributed by atoms with Crippen molar-refractivity contribution in [2.24, 2.45) is 0 Å². The summed E-state index contributed by atoms with van der Waals surface area (Å²) in [6.45, 7) is -0.0631. The molecule has 1 aliphatic carbocycles. The molecule has 1 heterocycles. The fraction of sp³-hybridized carbons (Fsp3) is 0.412. The zero-order valence-corrected chi connectivity index (χ0v) is 13.4. The molecule has 1 saturated carbocycles. The average Bonchev–Trinajstić information content (AvgIpc) is 2.57. The molecule has 6 heteroatoms. The van der Waals surface area contributed by atoms with Crippen molar-refractivity contribution in [3.63, 3.8) is 0 Å². The molecule has 23 heavy (non-hydrogen) atoms. The van der Waals surface area contributed by atoms with Crippen LogP contribution in [-0.2, 0) is 4.79 Å². The van der Waals surface area contributed by atoms with E-state index >= 15 is 0 Å². The molecule has 0 saturated heterocycles. The molecule has 1 aromatic carbocycles. The number of aliphatic hydroxyl groups is 1. The standard InChI is InChI=1S/C17H19ClN2O3/c18-14-7-8-15(17-13(14)2-1-9-19-17)23-10-16(22)20-11-3-5-12(21)6-4-11/h1-2,7-9,11-12,21H,3-6,10H2,(H,20,22). The summed E-state index contributed by atoms with van der Waals surface area (Å²) >= 11 is 6.14. The van der Waals surface area contributed by atoms with Gasteiger partial charge in [-0.05, 0) is 49.9 Å². The van der Waals surface area contributed by atoms with Gasteiger partial charge in [0.15, 0.2) is 6.61 Å². The zero-order chi connectivity index (χ0) is 16.2. The van der Waals surface area contributed by atoms with Gasteiger partial charge in [0, 0.05) is 17.6 Å². The van der Waals surface area contributed by atoms with Crippen LogP contribution in [0.15, 0.2) is 30.5 Å². The first-order valence-corrected chi connectivity index (χ1v) is 8.15. The molecule has 1 fully saturated rings. The van der Waals surface area contributed by atoms with E-state index in [-0.39, 0.29) is 24.7 Å². The normalized spacial score (nSPS) is 21.1. The van der Waals surface area contributed by atoms with Crippen molar-refractivity contribution in [3.8, 4) is 5.75 Å². The van der Waals surface area contributed by atoms with Gasteiger partial charge in [0.05, 0.1) is 11.1 Å². The fourth-order valence-electron chi connectivity index (χ4n) is 2.86. The Balaban J connectivity index is 1.60. The largest absolute Gasteiger partial charge is 0.481 e. The van der Waals surface area contributed by atoms with E-state index in [2.05, 4.69) is 10.3 Å². The maximum atomic E-state index is 12.0. The molecule has 0 radical (unpaired) electrons. The molecule has 0 bridgehead atoms. The highest BCUT2D eigenvalue weighted by atomic mass is 35.5. The first-order chi connectivity index (χ1) is 11.1. The third kappa shape index (κ3) is 3.92. The minimum Gasteiger partial charge on any atom is -0.481 e. The number of ether oxygens (including phenoxy) is 1. The third-order valence-corrected chi connectivity index (χ3v) is 4.43. The van der Waals surface area contributed by atoms with Crippen molar-refractivity contribution < 1.29 is 14.6 Å². The Labute approximate surface area is 139 Å². The number of hydrogen-bond donors (Lipinski definition) is 2. The first-order valence-electron chi connectivity index (χ1n) is 7.77. The van der Waals surface area contributed by atoms with Gasteiger partial charge in [-0.3, -0.25) is 9.78 Å². The second-order valence-electron chi connectivity index (χ2n) is 5.81. The molecule has 2 N–H and O–H groups in total. The summed E-state index contributed by atoms with van der Waals surface area (Å²) in [4.78, 5) is 16.3. The summed E-state index contributed by atoms with van der Waals surface area (Å²) in [7, 11) is 0. The van der Waals surface area contributed by atoms with Gasteiger partial charge in [0.1, 0.15) is 11.3 Å². The van der Waals surface area contributed by atoms with Crippen LogP contribution >= 0.6 is 11.6 Å². The van der Waals surface area contributed by atoms with E-state index in [1.54, 1.807) is 18.3 Å². The smallest absolute Gasteiger partial charge is 0.258 e. The van der Waals surface area contributed by atoms with E-state index in [1.165, 1.54) is 0 Å². The Bertz CT molecular complexity index is 699. The van der Waals surface area contributed by atoms with Crippen LogP contribution in [0.25, 0.3) is 10.9 Å². The lowest BCUT2D eigenvalue weighted by molar-refractivity contribution is -0.124. The van der Waals surface area contributed by atoms with Crippen molar-refractivity contribution in [1.29, 1.82) is 0 Å². The van der Waals surface area contributed by atoms with Crippen molar-refractivity contribution in [3.05, 3.63) is 35.5 Å². The molecule has 1 aliphatic rings. The topological polar surface area (TPSA) is 71.5 Å². The molecular formula is C17H19ClN2O3. The van der Waals surface area contributed by atoms with Crippen LogP contribution in [-0.4, -0.2) is 34.8 Å². The number of fused-ring (bicyclic) bond motifs is 1. The SMILES string of the molecule is O=C(COc1ccc(Cl)c2cccnc12)NC1CCC(O)CC1. The minimum atomic E-state index is -0.231. The van der Waals surface area contributed by atoms with Gasteiger partial charge in [0.25, 0.3) is 5.91 Å². The molecule has 0 aliphatic heterocycles. The molecule has 3 rings (SSSR count). The lowest BCUT2D eigenvalue weighted by Crippen LogP contribution is -2.40. The molecule has 0 spiro atoms. The van der Waals surface area contributed by atoms with Crippen LogP contribution in [0.3, 0.4) is 0 Å². The Kier molecular flexibility index (Phi) is 4.98. The van der Waals surface area contributed by atoms with E-state index in [0.717, 1.165) is 31.1 Å². The van der Waals surface area contributed by atoms with E-state index in [1.807, 2.05) is 12.1 Å². The number of amides is 1. The molecule has 2 aromatic rings. The fourth-order valence-corrected chi connectivity index (χ4v) is 3.08. The van der Waals surface area contributed by atoms with Crippen LogP contribution in [0, 0.1) is 0 Å². The van der Waals surface area contributed by atoms with Crippen LogP contribution in [0.5, 0.6) is 5.75 Å². The number of carbonyl (C=O) groups is 1. The minimum absolute atomic E-state index is 0.0631. The summed E-state index contributed by atoms with van der Waals surface area (Å²) in [6, 6.07) is 7.26. The third-order valence-electron chi connectivity index (χ3n) is 4.10. The Morgan fingerprint density at radius 1 is 1.30 bits per heavy atom. The number of rotatable bonds is 4. The monoisotopic (exact) mass is 334 g/mol.